The molecule has 1 heterocycles. The molecule has 114 valence electrons. The molecule has 3 rings (SSSR count). The highest BCUT2D eigenvalue weighted by atomic mass is 16.5. The van der Waals surface area contributed by atoms with E-state index in [-0.39, 0.29) is 6.61 Å². The van der Waals surface area contributed by atoms with E-state index >= 15 is 0 Å². The van der Waals surface area contributed by atoms with Crippen molar-refractivity contribution in [3.8, 4) is 5.75 Å². The van der Waals surface area contributed by atoms with Crippen LogP contribution in [-0.2, 0) is 6.54 Å². The molecule has 2 aromatic carbocycles. The average molecular weight is 296 g/mol. The van der Waals surface area contributed by atoms with Crippen LogP contribution in [0, 0.1) is 13.8 Å². The summed E-state index contributed by atoms with van der Waals surface area (Å²) in [5, 5.41) is 16.7. The topological polar surface area (TPSA) is 47.3 Å². The van der Waals surface area contributed by atoms with E-state index in [2.05, 4.69) is 17.2 Å². The van der Waals surface area contributed by atoms with Gasteiger partial charge in [-0.2, -0.15) is 5.10 Å². The fourth-order valence-electron chi connectivity index (χ4n) is 2.62. The van der Waals surface area contributed by atoms with Gasteiger partial charge in [0.1, 0.15) is 18.5 Å². The van der Waals surface area contributed by atoms with Crippen LogP contribution < -0.4 is 4.74 Å². The number of hydrogen-bond donors (Lipinski definition) is 1. The monoisotopic (exact) mass is 296 g/mol. The van der Waals surface area contributed by atoms with E-state index in [1.54, 1.807) is 0 Å². The summed E-state index contributed by atoms with van der Waals surface area (Å²) in [5.41, 5.74) is 2.00. The van der Waals surface area contributed by atoms with Crippen molar-refractivity contribution in [2.45, 2.75) is 26.5 Å². The van der Waals surface area contributed by atoms with Gasteiger partial charge < -0.3 is 9.84 Å². The van der Waals surface area contributed by atoms with Gasteiger partial charge in [-0.1, -0.05) is 36.4 Å². The number of hydrogen-bond acceptors (Lipinski definition) is 3. The third-order valence-electron chi connectivity index (χ3n) is 3.67. The highest BCUT2D eigenvalue weighted by Crippen LogP contribution is 2.25. The Morgan fingerprint density at radius 2 is 1.91 bits per heavy atom. The summed E-state index contributed by atoms with van der Waals surface area (Å²) in [4.78, 5) is 0. The second kappa shape index (κ2) is 6.20. The lowest BCUT2D eigenvalue weighted by Gasteiger charge is -2.14. The first-order chi connectivity index (χ1) is 10.6. The van der Waals surface area contributed by atoms with Gasteiger partial charge in [0.2, 0.25) is 0 Å². The third kappa shape index (κ3) is 3.12. The lowest BCUT2D eigenvalue weighted by Crippen LogP contribution is -2.24. The second-order valence-electron chi connectivity index (χ2n) is 5.55. The molecule has 22 heavy (non-hydrogen) atoms. The van der Waals surface area contributed by atoms with E-state index in [9.17, 15) is 5.11 Å². The Hall–Kier alpha value is -2.33. The number of aryl methyl sites for hydroxylation is 2. The van der Waals surface area contributed by atoms with Crippen LogP contribution in [0.1, 0.15) is 11.4 Å². The van der Waals surface area contributed by atoms with E-state index in [1.807, 2.05) is 54.9 Å². The SMILES string of the molecule is Cc1cc(C)n(C[C@@H](O)COc2cccc3ccccc23)n1. The summed E-state index contributed by atoms with van der Waals surface area (Å²) in [6, 6.07) is 16.0. The summed E-state index contributed by atoms with van der Waals surface area (Å²) in [6.45, 7) is 4.61. The Bertz CT molecular complexity index is 774. The molecule has 0 bridgehead atoms. The lowest BCUT2D eigenvalue weighted by molar-refractivity contribution is 0.0894. The predicted octanol–water partition coefficient (Wildman–Crippen LogP) is 3.09. The van der Waals surface area contributed by atoms with Gasteiger partial charge in [-0.05, 0) is 31.4 Å². The molecule has 3 aromatic rings. The van der Waals surface area contributed by atoms with Crippen LogP contribution in [-0.4, -0.2) is 27.6 Å². The molecule has 0 aliphatic rings. The van der Waals surface area contributed by atoms with Crippen LogP contribution in [0.2, 0.25) is 0 Å². The van der Waals surface area contributed by atoms with Crippen molar-refractivity contribution in [2.75, 3.05) is 6.61 Å². The number of benzene rings is 2. The molecule has 0 saturated carbocycles. The van der Waals surface area contributed by atoms with Crippen LogP contribution in [0.4, 0.5) is 0 Å². The first-order valence-electron chi connectivity index (χ1n) is 7.43. The Labute approximate surface area is 130 Å². The van der Waals surface area contributed by atoms with Crippen molar-refractivity contribution in [1.82, 2.24) is 9.78 Å². The number of ether oxygens (including phenoxy) is 1. The largest absolute Gasteiger partial charge is 0.490 e. The van der Waals surface area contributed by atoms with Gasteiger partial charge in [0, 0.05) is 11.1 Å². The summed E-state index contributed by atoms with van der Waals surface area (Å²) in [5.74, 6) is 0.797. The Balaban J connectivity index is 1.67. The van der Waals surface area contributed by atoms with E-state index < -0.39 is 6.10 Å². The minimum atomic E-state index is -0.600. The first-order valence-corrected chi connectivity index (χ1v) is 7.43. The van der Waals surface area contributed by atoms with Crippen molar-refractivity contribution in [2.24, 2.45) is 0 Å². The predicted molar refractivity (Wildman–Crippen MR) is 87.2 cm³/mol. The average Bonchev–Trinajstić information content (AvgIpc) is 2.82. The zero-order valence-corrected chi connectivity index (χ0v) is 12.9. The van der Waals surface area contributed by atoms with Crippen LogP contribution in [0.15, 0.2) is 48.5 Å². The summed E-state index contributed by atoms with van der Waals surface area (Å²) < 4.78 is 7.62. The van der Waals surface area contributed by atoms with Gasteiger partial charge in [-0.25, -0.2) is 0 Å². The molecule has 4 nitrogen and oxygen atoms in total. The highest BCUT2D eigenvalue weighted by molar-refractivity contribution is 5.88. The quantitative estimate of drug-likeness (QED) is 0.787. The maximum Gasteiger partial charge on any atom is 0.127 e. The van der Waals surface area contributed by atoms with Gasteiger partial charge in [0.05, 0.1) is 12.2 Å². The van der Waals surface area contributed by atoms with Crippen molar-refractivity contribution < 1.29 is 9.84 Å². The minimum Gasteiger partial charge on any atom is -0.490 e. The third-order valence-corrected chi connectivity index (χ3v) is 3.67. The van der Waals surface area contributed by atoms with Crippen molar-refractivity contribution >= 4 is 10.8 Å². The molecular formula is C18H20N2O2. The van der Waals surface area contributed by atoms with Gasteiger partial charge in [0.15, 0.2) is 0 Å². The standard InChI is InChI=1S/C18H20N2O2/c1-13-10-14(2)20(19-13)11-16(21)12-22-18-9-5-7-15-6-3-4-8-17(15)18/h3-10,16,21H,11-12H2,1-2H3/t16-/m1/s1. The van der Waals surface area contributed by atoms with Gasteiger partial charge in [-0.3, -0.25) is 4.68 Å². The molecule has 0 amide bonds. The molecule has 0 fully saturated rings. The molecule has 0 unspecified atom stereocenters. The number of aromatic nitrogens is 2. The number of rotatable bonds is 5. The van der Waals surface area contributed by atoms with Gasteiger partial charge in [0.25, 0.3) is 0 Å². The summed E-state index contributed by atoms with van der Waals surface area (Å²) in [7, 11) is 0. The lowest BCUT2D eigenvalue weighted by atomic mass is 10.1. The molecule has 4 heteroatoms. The fourth-order valence-corrected chi connectivity index (χ4v) is 2.62. The number of fused-ring (bicyclic) bond motifs is 1. The molecule has 1 N–H and O–H groups in total. The van der Waals surface area contributed by atoms with E-state index in [0.717, 1.165) is 27.9 Å². The fraction of sp³-hybridized carbons (Fsp3) is 0.278. The molecule has 0 aliphatic heterocycles. The van der Waals surface area contributed by atoms with Crippen molar-refractivity contribution in [3.63, 3.8) is 0 Å². The van der Waals surface area contributed by atoms with E-state index in [1.165, 1.54) is 0 Å². The number of aliphatic hydroxyl groups is 1. The normalized spacial score (nSPS) is 12.5. The molecule has 0 aliphatic carbocycles. The number of nitrogens with zero attached hydrogens (tertiary/aromatic N) is 2. The first kappa shape index (κ1) is 14.6. The van der Waals surface area contributed by atoms with Crippen LogP contribution >= 0.6 is 0 Å². The molecule has 0 radical (unpaired) electrons. The van der Waals surface area contributed by atoms with Crippen LogP contribution in [0.25, 0.3) is 10.8 Å². The maximum absolute atomic E-state index is 10.2. The molecular weight excluding hydrogens is 276 g/mol. The van der Waals surface area contributed by atoms with Gasteiger partial charge in [-0.15, -0.1) is 0 Å². The highest BCUT2D eigenvalue weighted by Gasteiger charge is 2.10. The smallest absolute Gasteiger partial charge is 0.127 e. The second-order valence-corrected chi connectivity index (χ2v) is 5.55. The zero-order valence-electron chi connectivity index (χ0n) is 12.9. The van der Waals surface area contributed by atoms with Crippen molar-refractivity contribution in [1.29, 1.82) is 0 Å². The maximum atomic E-state index is 10.2. The van der Waals surface area contributed by atoms with E-state index in [0.29, 0.717) is 6.54 Å². The summed E-state index contributed by atoms with van der Waals surface area (Å²) in [6.07, 6.45) is -0.600. The molecule has 1 aromatic heterocycles. The summed E-state index contributed by atoms with van der Waals surface area (Å²) >= 11 is 0. The molecule has 0 spiro atoms. The Morgan fingerprint density at radius 3 is 2.68 bits per heavy atom. The molecule has 1 atom stereocenters. The Kier molecular flexibility index (Phi) is 4.11. The van der Waals surface area contributed by atoms with Crippen LogP contribution in [0.5, 0.6) is 5.75 Å². The Morgan fingerprint density at radius 1 is 1.14 bits per heavy atom. The minimum absolute atomic E-state index is 0.242. The van der Waals surface area contributed by atoms with Crippen molar-refractivity contribution in [3.05, 3.63) is 59.9 Å². The zero-order chi connectivity index (χ0) is 15.5. The van der Waals surface area contributed by atoms with Gasteiger partial charge >= 0.3 is 0 Å². The van der Waals surface area contributed by atoms with Crippen LogP contribution in [0.3, 0.4) is 0 Å². The number of aliphatic hydroxyl groups excluding tert-OH is 1. The molecule has 0 saturated heterocycles. The van der Waals surface area contributed by atoms with E-state index in [4.69, 9.17) is 4.74 Å².